The van der Waals surface area contributed by atoms with Gasteiger partial charge in [-0.3, -0.25) is 4.79 Å². The molecule has 0 bridgehead atoms. The third-order valence-corrected chi connectivity index (χ3v) is 7.39. The molecule has 1 rings (SSSR count). The summed E-state index contributed by atoms with van der Waals surface area (Å²) in [5.41, 5.74) is 0.782. The minimum atomic E-state index is -0.821. The van der Waals surface area contributed by atoms with E-state index in [2.05, 4.69) is 21.9 Å². The molecular weight excluding hydrogens is 378 g/mol. The van der Waals surface area contributed by atoms with Gasteiger partial charge < -0.3 is 15.2 Å². The summed E-state index contributed by atoms with van der Waals surface area (Å²) in [6.07, 6.45) is 6.56. The van der Waals surface area contributed by atoms with Gasteiger partial charge in [0.15, 0.2) is 5.78 Å². The smallest absolute Gasteiger partial charge is 0.407 e. The molecule has 5 nitrogen and oxygen atoms in total. The number of nitrogens with one attached hydrogen (secondary N) is 1. The lowest BCUT2D eigenvalue weighted by molar-refractivity contribution is -0.125. The molecule has 1 aliphatic carbocycles. The van der Waals surface area contributed by atoms with Gasteiger partial charge in [-0.15, -0.1) is 5.92 Å². The van der Waals surface area contributed by atoms with Gasteiger partial charge in [0.2, 0.25) is 0 Å². The zero-order chi connectivity index (χ0) is 18.7. The van der Waals surface area contributed by atoms with Crippen LogP contribution >= 0.6 is 31.4 Å². The highest BCUT2D eigenvalue weighted by atomic mass is 33.5. The molecule has 0 aromatic heterocycles. The van der Waals surface area contributed by atoms with Crippen LogP contribution in [0.5, 0.6) is 0 Å². The van der Waals surface area contributed by atoms with E-state index in [-0.39, 0.29) is 18.1 Å². The first-order chi connectivity index (χ1) is 12.0. The maximum absolute atomic E-state index is 12.4. The fourth-order valence-electron chi connectivity index (χ4n) is 2.59. The van der Waals surface area contributed by atoms with E-state index in [9.17, 15) is 14.7 Å². The van der Waals surface area contributed by atoms with Crippen LogP contribution in [0.15, 0.2) is 23.8 Å². The van der Waals surface area contributed by atoms with Crippen LogP contribution in [-0.2, 0) is 9.53 Å². The Morgan fingerprint density at radius 1 is 1.52 bits per heavy atom. The van der Waals surface area contributed by atoms with Crippen molar-refractivity contribution in [3.63, 3.8) is 0 Å². The number of Topliss-reactive ketones (excluding diaryl/α,β-unsaturated/α-hetero) is 1. The predicted molar refractivity (Wildman–Crippen MR) is 107 cm³/mol. The summed E-state index contributed by atoms with van der Waals surface area (Å²) in [5, 5.41) is 13.0. The summed E-state index contributed by atoms with van der Waals surface area (Å²) in [6.45, 7) is 1.74. The molecule has 0 heterocycles. The number of carbonyl (C=O) groups excluding carboxylic acids is 2. The number of ketones is 1. The summed E-state index contributed by atoms with van der Waals surface area (Å²) < 4.78 is 4.63. The van der Waals surface area contributed by atoms with Crippen LogP contribution in [0, 0.1) is 17.8 Å². The number of aliphatic hydroxyl groups excluding tert-OH is 1. The van der Waals surface area contributed by atoms with Crippen molar-refractivity contribution in [2.45, 2.75) is 31.9 Å². The maximum Gasteiger partial charge on any atom is 0.407 e. The molecule has 0 radical (unpaired) electrons. The van der Waals surface area contributed by atoms with Crippen LogP contribution in [0.1, 0.15) is 19.8 Å². The first-order valence-corrected chi connectivity index (χ1v) is 11.8. The molecule has 0 saturated heterocycles. The second-order valence-corrected chi connectivity index (χ2v) is 9.54. The first kappa shape index (κ1) is 22.0. The van der Waals surface area contributed by atoms with E-state index < -0.39 is 18.2 Å². The van der Waals surface area contributed by atoms with Gasteiger partial charge >= 0.3 is 6.09 Å². The lowest BCUT2D eigenvalue weighted by atomic mass is 9.75. The van der Waals surface area contributed by atoms with Crippen LogP contribution in [0.3, 0.4) is 0 Å². The van der Waals surface area contributed by atoms with Gasteiger partial charge in [-0.05, 0) is 41.1 Å². The molecular formula is C17H23NO4S3. The number of ether oxygens (including phenoxy) is 1. The van der Waals surface area contributed by atoms with Gasteiger partial charge in [0.1, 0.15) is 0 Å². The third-order valence-electron chi connectivity index (χ3n) is 3.65. The summed E-state index contributed by atoms with van der Waals surface area (Å²) in [7, 11) is 6.23. The molecule has 1 fully saturated rings. The normalized spacial score (nSPS) is 24.9. The molecule has 1 saturated carbocycles. The van der Waals surface area contributed by atoms with Gasteiger partial charge in [-0.2, -0.15) is 0 Å². The zero-order valence-corrected chi connectivity index (χ0v) is 16.9. The van der Waals surface area contributed by atoms with E-state index in [0.717, 1.165) is 5.57 Å². The van der Waals surface area contributed by atoms with Crippen LogP contribution in [-0.4, -0.2) is 48.2 Å². The maximum atomic E-state index is 12.4. The van der Waals surface area contributed by atoms with Gasteiger partial charge in [-0.25, -0.2) is 4.79 Å². The Hall–Kier alpha value is -1.01. The van der Waals surface area contributed by atoms with E-state index >= 15 is 0 Å². The Morgan fingerprint density at radius 3 is 2.92 bits per heavy atom. The second kappa shape index (κ2) is 12.4. The number of aliphatic hydroxyl groups is 1. The average Bonchev–Trinajstić information content (AvgIpc) is 2.59. The topological polar surface area (TPSA) is 75.6 Å². The van der Waals surface area contributed by atoms with E-state index in [0.29, 0.717) is 12.2 Å². The van der Waals surface area contributed by atoms with E-state index in [4.69, 9.17) is 0 Å². The minimum Gasteiger partial charge on any atom is -0.453 e. The fraction of sp³-hybridized carbons (Fsp3) is 0.529. The van der Waals surface area contributed by atoms with Crippen molar-refractivity contribution in [3.8, 4) is 11.8 Å². The van der Waals surface area contributed by atoms with Crippen molar-refractivity contribution < 1.29 is 19.4 Å². The summed E-state index contributed by atoms with van der Waals surface area (Å²) in [6, 6.07) is -0.709. The van der Waals surface area contributed by atoms with E-state index in [1.165, 1.54) is 7.11 Å². The number of amides is 1. The van der Waals surface area contributed by atoms with Crippen LogP contribution in [0.25, 0.3) is 0 Å². The van der Waals surface area contributed by atoms with E-state index in [1.54, 1.807) is 44.4 Å². The number of hydrogen-bond donors (Lipinski definition) is 2. The molecule has 0 spiro atoms. The van der Waals surface area contributed by atoms with Gasteiger partial charge in [0.25, 0.3) is 0 Å². The number of methoxy groups -OCH3 is 1. The Morgan fingerprint density at radius 2 is 2.28 bits per heavy atom. The van der Waals surface area contributed by atoms with Crippen molar-refractivity contribution >= 4 is 43.3 Å². The molecule has 138 valence electrons. The number of hydrogen-bond acceptors (Lipinski definition) is 7. The van der Waals surface area contributed by atoms with Crippen molar-refractivity contribution in [2.24, 2.45) is 5.92 Å². The largest absolute Gasteiger partial charge is 0.453 e. The molecule has 3 atom stereocenters. The monoisotopic (exact) mass is 401 g/mol. The molecule has 0 aliphatic heterocycles. The molecule has 25 heavy (non-hydrogen) atoms. The predicted octanol–water partition coefficient (Wildman–Crippen LogP) is 3.22. The number of carbonyl (C=O) groups is 2. The molecule has 8 heteroatoms. The summed E-state index contributed by atoms with van der Waals surface area (Å²) >= 11 is 0. The quantitative estimate of drug-likeness (QED) is 0.294. The lowest BCUT2D eigenvalue weighted by Crippen LogP contribution is -2.52. The lowest BCUT2D eigenvalue weighted by Gasteiger charge is -2.35. The Kier molecular flexibility index (Phi) is 10.9. The van der Waals surface area contributed by atoms with Crippen molar-refractivity contribution in [2.75, 3.05) is 19.1 Å². The molecule has 0 aromatic carbocycles. The Balaban J connectivity index is 3.02. The Labute approximate surface area is 160 Å². The van der Waals surface area contributed by atoms with Gasteiger partial charge in [0.05, 0.1) is 19.3 Å². The highest BCUT2D eigenvalue weighted by Gasteiger charge is 2.40. The zero-order valence-electron chi connectivity index (χ0n) is 14.5. The van der Waals surface area contributed by atoms with Crippen molar-refractivity contribution in [3.05, 3.63) is 23.8 Å². The summed E-state index contributed by atoms with van der Waals surface area (Å²) in [4.78, 5) is 24.0. The Bertz CT molecular complexity index is 580. The fourth-order valence-corrected chi connectivity index (χ4v) is 5.03. The van der Waals surface area contributed by atoms with Crippen molar-refractivity contribution in [1.29, 1.82) is 0 Å². The van der Waals surface area contributed by atoms with Gasteiger partial charge in [-0.1, -0.05) is 39.7 Å². The van der Waals surface area contributed by atoms with Crippen molar-refractivity contribution in [1.82, 2.24) is 5.32 Å². The molecule has 2 unspecified atom stereocenters. The van der Waals surface area contributed by atoms with Crippen LogP contribution in [0.4, 0.5) is 4.79 Å². The number of rotatable bonds is 7. The van der Waals surface area contributed by atoms with E-state index in [1.807, 2.05) is 18.4 Å². The first-order valence-electron chi connectivity index (χ1n) is 7.69. The standard InChI is InChI=1S/C17H23NO4S3/c1-4-5-6-7-8-13-12(9-10-24-25-23-3)14(19)11-15(20)16(13)18-17(21)22-2/h6-7,9,13-14,16,19H,8,10-11H2,1-3H3,(H,18,21)/b7-6-,12-9+/t13?,14-,16?/m0/s1. The SMILES string of the molecule is CC#C/C=C\CC1/C(=C\CSSSC)[C@@H](O)CC(=O)C1NC(=O)OC. The average molecular weight is 402 g/mol. The number of allylic oxidation sites excluding steroid dienone is 2. The molecule has 2 N–H and O–H groups in total. The second-order valence-electron chi connectivity index (χ2n) is 5.16. The highest BCUT2D eigenvalue weighted by Crippen LogP contribution is 2.35. The molecule has 1 amide bonds. The highest BCUT2D eigenvalue weighted by molar-refractivity contribution is 9.09. The molecule has 1 aliphatic rings. The van der Waals surface area contributed by atoms with Crippen LogP contribution < -0.4 is 5.32 Å². The number of alkyl carbamates (subject to hydrolysis) is 1. The minimum absolute atomic E-state index is 0.00416. The third kappa shape index (κ3) is 7.40. The summed E-state index contributed by atoms with van der Waals surface area (Å²) in [5.74, 6) is 5.81. The van der Waals surface area contributed by atoms with Crippen LogP contribution in [0.2, 0.25) is 0 Å². The molecule has 0 aromatic rings. The van der Waals surface area contributed by atoms with Gasteiger partial charge in [0, 0.05) is 18.1 Å².